The fourth-order valence-corrected chi connectivity index (χ4v) is 7.35. The van der Waals surface area contributed by atoms with Crippen LogP contribution >= 0.6 is 0 Å². The second-order valence-corrected chi connectivity index (χ2v) is 10.4. The van der Waals surface area contributed by atoms with Gasteiger partial charge in [-0.25, -0.2) is 5.01 Å². The van der Waals surface area contributed by atoms with Crippen LogP contribution in [0.15, 0.2) is 0 Å². The molecule has 5 atom stereocenters. The minimum atomic E-state index is 0.467. The Balaban J connectivity index is 1.17. The van der Waals surface area contributed by atoms with Crippen LogP contribution in [0.4, 0.5) is 0 Å². The van der Waals surface area contributed by atoms with Gasteiger partial charge in [0.25, 0.3) is 0 Å². The van der Waals surface area contributed by atoms with Gasteiger partial charge in [0.15, 0.2) is 0 Å². The van der Waals surface area contributed by atoms with Crippen molar-refractivity contribution in [2.45, 2.75) is 101 Å². The van der Waals surface area contributed by atoms with Gasteiger partial charge in [0.05, 0.1) is 0 Å². The van der Waals surface area contributed by atoms with Gasteiger partial charge in [0.2, 0.25) is 0 Å². The van der Waals surface area contributed by atoms with Crippen LogP contribution < -0.4 is 10.7 Å². The Hall–Kier alpha value is -0.200. The highest BCUT2D eigenvalue weighted by molar-refractivity contribution is 5.12. The molecule has 2 saturated carbocycles. The minimum absolute atomic E-state index is 0.467. The molecule has 0 amide bonds. The van der Waals surface area contributed by atoms with Crippen molar-refractivity contribution in [3.05, 3.63) is 0 Å². The van der Waals surface area contributed by atoms with Gasteiger partial charge < -0.3 is 5.32 Å². The molecule has 0 radical (unpaired) electrons. The highest BCUT2D eigenvalue weighted by Crippen LogP contribution is 2.51. The molecule has 0 aromatic heterocycles. The zero-order chi connectivity index (χ0) is 18.1. The molecule has 6 bridgehead atoms. The van der Waals surface area contributed by atoms with Crippen molar-refractivity contribution in [2.24, 2.45) is 5.92 Å². The lowest BCUT2D eigenvalue weighted by Crippen LogP contribution is -2.74. The average Bonchev–Trinajstić information content (AvgIpc) is 2.61. The Kier molecular flexibility index (Phi) is 4.41. The average molecular weight is 362 g/mol. The van der Waals surface area contributed by atoms with Crippen LogP contribution in [0.1, 0.15) is 59.3 Å². The van der Waals surface area contributed by atoms with Gasteiger partial charge >= 0.3 is 0 Å². The number of rotatable bonds is 6. The van der Waals surface area contributed by atoms with Crippen molar-refractivity contribution >= 4 is 0 Å². The van der Waals surface area contributed by atoms with Crippen molar-refractivity contribution in [1.82, 2.24) is 25.6 Å². The zero-order valence-corrected chi connectivity index (χ0v) is 17.2. The maximum atomic E-state index is 3.86. The molecule has 26 heavy (non-hydrogen) atoms. The van der Waals surface area contributed by atoms with Gasteiger partial charge in [-0.15, -0.1) is 0 Å². The number of nitrogens with zero attached hydrogens (tertiary/aromatic N) is 3. The molecule has 0 aromatic carbocycles. The van der Waals surface area contributed by atoms with Crippen LogP contribution in [-0.4, -0.2) is 83.3 Å². The third kappa shape index (κ3) is 2.77. The summed E-state index contributed by atoms with van der Waals surface area (Å²) in [4.78, 5) is 5.56. The summed E-state index contributed by atoms with van der Waals surface area (Å²) in [5, 5.41) is 6.32. The standard InChI is InChI=1S/C21H39N5/c1-14(2)24-12-19-7-20(13-24)26(19)23-11-15(3)25-17-5-16-6-18(25)10-21(8-16,9-17)22-4/h14-20,22-23H,5-13H2,1-4H3. The molecule has 6 aliphatic rings. The second kappa shape index (κ2) is 6.41. The van der Waals surface area contributed by atoms with E-state index in [0.29, 0.717) is 17.6 Å². The predicted octanol–water partition coefficient (Wildman–Crippen LogP) is 1.65. The zero-order valence-electron chi connectivity index (χ0n) is 17.2. The maximum absolute atomic E-state index is 3.86. The SMILES string of the molecule is CNC12CC3CC(C1)N(C(C)CNN1C4CC1CN(C(C)C)C4)C(C3)C2. The van der Waals surface area contributed by atoms with E-state index in [1.54, 1.807) is 0 Å². The number of nitrogens with one attached hydrogen (secondary N) is 2. The molecule has 4 heterocycles. The number of likely N-dealkylation sites (tertiary alicyclic amines) is 1. The highest BCUT2D eigenvalue weighted by atomic mass is 15.6. The van der Waals surface area contributed by atoms with E-state index in [9.17, 15) is 0 Å². The first-order valence-electron chi connectivity index (χ1n) is 11.2. The summed E-state index contributed by atoms with van der Waals surface area (Å²) in [5.41, 5.74) is 4.33. The van der Waals surface area contributed by atoms with Crippen LogP contribution in [-0.2, 0) is 0 Å². The second-order valence-electron chi connectivity index (χ2n) is 10.4. The summed E-state index contributed by atoms with van der Waals surface area (Å²) in [7, 11) is 2.20. The number of hydrogen-bond donors (Lipinski definition) is 2. The van der Waals surface area contributed by atoms with E-state index in [4.69, 9.17) is 0 Å². The first kappa shape index (κ1) is 17.9. The molecular weight excluding hydrogens is 322 g/mol. The van der Waals surface area contributed by atoms with Crippen LogP contribution in [0, 0.1) is 5.92 Å². The molecule has 5 unspecified atom stereocenters. The van der Waals surface area contributed by atoms with Gasteiger partial charge in [0, 0.05) is 61.4 Å². The molecular formula is C21H39N5. The fraction of sp³-hybridized carbons (Fsp3) is 1.00. The van der Waals surface area contributed by atoms with Crippen molar-refractivity contribution in [3.63, 3.8) is 0 Å². The van der Waals surface area contributed by atoms with Gasteiger partial charge in [-0.1, -0.05) is 0 Å². The number of hydrogen-bond acceptors (Lipinski definition) is 5. The number of piperidine rings is 3. The lowest BCUT2D eigenvalue weighted by Gasteiger charge is -2.63. The molecule has 2 aliphatic carbocycles. The van der Waals surface area contributed by atoms with Crippen molar-refractivity contribution in [1.29, 1.82) is 0 Å². The van der Waals surface area contributed by atoms with Gasteiger partial charge in [-0.05, 0) is 72.3 Å². The summed E-state index contributed by atoms with van der Waals surface area (Å²) >= 11 is 0. The predicted molar refractivity (Wildman–Crippen MR) is 106 cm³/mol. The van der Waals surface area contributed by atoms with Gasteiger partial charge in [0.1, 0.15) is 0 Å². The van der Waals surface area contributed by atoms with E-state index in [-0.39, 0.29) is 0 Å². The molecule has 0 aromatic rings. The Bertz CT molecular complexity index is 508. The molecule has 0 spiro atoms. The molecule has 2 N–H and O–H groups in total. The Morgan fingerprint density at radius 3 is 2.15 bits per heavy atom. The van der Waals surface area contributed by atoms with E-state index < -0.39 is 0 Å². The largest absolute Gasteiger partial charge is 0.314 e. The van der Waals surface area contributed by atoms with E-state index >= 15 is 0 Å². The molecule has 4 saturated heterocycles. The smallest absolute Gasteiger partial charge is 0.0390 e. The van der Waals surface area contributed by atoms with Crippen molar-refractivity contribution < 1.29 is 0 Å². The number of fused-ring (bicyclic) bond motifs is 2. The summed E-state index contributed by atoms with van der Waals surface area (Å²) in [6, 6.07) is 4.46. The Labute approximate surface area is 159 Å². The number of piperazine rings is 1. The first-order chi connectivity index (χ1) is 12.5. The van der Waals surface area contributed by atoms with Crippen molar-refractivity contribution in [2.75, 3.05) is 26.7 Å². The van der Waals surface area contributed by atoms with Gasteiger partial charge in [-0.3, -0.25) is 15.2 Å². The minimum Gasteiger partial charge on any atom is -0.314 e. The Morgan fingerprint density at radius 2 is 1.58 bits per heavy atom. The number of hydrazine groups is 1. The van der Waals surface area contributed by atoms with Crippen LogP contribution in [0.3, 0.4) is 0 Å². The maximum Gasteiger partial charge on any atom is 0.0390 e. The summed E-state index contributed by atoms with van der Waals surface area (Å²) in [6.45, 7) is 10.8. The van der Waals surface area contributed by atoms with Crippen molar-refractivity contribution in [3.8, 4) is 0 Å². The summed E-state index contributed by atoms with van der Waals surface area (Å²) in [6.07, 6.45) is 8.47. The third-order valence-corrected chi connectivity index (χ3v) is 8.55. The molecule has 5 nitrogen and oxygen atoms in total. The van der Waals surface area contributed by atoms with Crippen LogP contribution in [0.25, 0.3) is 0 Å². The molecule has 6 rings (SSSR count). The molecule has 6 fully saturated rings. The van der Waals surface area contributed by atoms with E-state index in [2.05, 4.69) is 53.4 Å². The lowest BCUT2D eigenvalue weighted by molar-refractivity contribution is -0.126. The normalized spacial score (nSPS) is 46.7. The van der Waals surface area contributed by atoms with E-state index in [0.717, 1.165) is 36.6 Å². The summed E-state index contributed by atoms with van der Waals surface area (Å²) < 4.78 is 0. The van der Waals surface area contributed by atoms with Crippen LogP contribution in [0.5, 0.6) is 0 Å². The Morgan fingerprint density at radius 1 is 0.923 bits per heavy atom. The third-order valence-electron chi connectivity index (χ3n) is 8.55. The quantitative estimate of drug-likeness (QED) is 0.752. The van der Waals surface area contributed by atoms with E-state index in [1.165, 1.54) is 51.6 Å². The van der Waals surface area contributed by atoms with Crippen LogP contribution in [0.2, 0.25) is 0 Å². The van der Waals surface area contributed by atoms with E-state index in [1.807, 2.05) is 0 Å². The summed E-state index contributed by atoms with van der Waals surface area (Å²) in [5.74, 6) is 0.980. The molecule has 4 aliphatic heterocycles. The monoisotopic (exact) mass is 361 g/mol. The van der Waals surface area contributed by atoms with Gasteiger partial charge in [-0.2, -0.15) is 0 Å². The molecule has 5 heteroatoms. The molecule has 148 valence electrons. The highest BCUT2D eigenvalue weighted by Gasteiger charge is 2.54. The fourth-order valence-electron chi connectivity index (χ4n) is 7.35. The topological polar surface area (TPSA) is 33.8 Å². The lowest BCUT2D eigenvalue weighted by atomic mass is 9.59. The first-order valence-corrected chi connectivity index (χ1v) is 11.2.